The van der Waals surface area contributed by atoms with Gasteiger partial charge in [0.25, 0.3) is 0 Å². The van der Waals surface area contributed by atoms with Gasteiger partial charge < -0.3 is 9.47 Å². The molecule has 2 nitrogen and oxygen atoms in total. The predicted molar refractivity (Wildman–Crippen MR) is 101 cm³/mol. The molecular weight excluding hydrogens is 420 g/mol. The highest BCUT2D eigenvalue weighted by Crippen LogP contribution is 2.15. The van der Waals surface area contributed by atoms with E-state index in [4.69, 9.17) is 9.47 Å². The minimum Gasteiger partial charge on any atom is -0.344 e. The van der Waals surface area contributed by atoms with E-state index in [0.717, 1.165) is 20.1 Å². The smallest absolute Gasteiger partial charge is 0.177 e. The van der Waals surface area contributed by atoms with Gasteiger partial charge in [0.15, 0.2) is 6.29 Å². The number of ether oxygens (including phenoxy) is 2. The molecule has 0 radical (unpaired) electrons. The fraction of sp³-hybridized carbons (Fsp3) is 0.263. The Bertz CT molecular complexity index is 580. The van der Waals surface area contributed by atoms with Gasteiger partial charge in [-0.15, -0.1) is 0 Å². The molecule has 0 heterocycles. The van der Waals surface area contributed by atoms with Crippen molar-refractivity contribution in [3.8, 4) is 0 Å². The van der Waals surface area contributed by atoms with Crippen LogP contribution in [0.2, 0.25) is 0 Å². The van der Waals surface area contributed by atoms with Crippen LogP contribution in [0.4, 0.5) is 0 Å². The SMILES string of the molecule is CC(C)=CC(OCc1ccc(Br)cc1)OCc1ccc(Br)cc1. The second-order valence-electron chi connectivity index (χ2n) is 5.49. The van der Waals surface area contributed by atoms with Crippen LogP contribution in [0.1, 0.15) is 25.0 Å². The number of rotatable bonds is 7. The Kier molecular flexibility index (Phi) is 7.50. The molecule has 0 bridgehead atoms. The summed E-state index contributed by atoms with van der Waals surface area (Å²) < 4.78 is 13.9. The van der Waals surface area contributed by atoms with E-state index < -0.39 is 0 Å². The Morgan fingerprint density at radius 1 is 0.826 bits per heavy atom. The van der Waals surface area contributed by atoms with Gasteiger partial charge in [-0.3, -0.25) is 0 Å². The van der Waals surface area contributed by atoms with E-state index in [1.807, 2.05) is 68.5 Å². The second-order valence-corrected chi connectivity index (χ2v) is 7.32. The zero-order valence-electron chi connectivity index (χ0n) is 13.3. The lowest BCUT2D eigenvalue weighted by molar-refractivity contribution is -0.126. The fourth-order valence-electron chi connectivity index (χ4n) is 1.93. The van der Waals surface area contributed by atoms with Crippen molar-refractivity contribution in [1.82, 2.24) is 0 Å². The number of hydrogen-bond donors (Lipinski definition) is 0. The van der Waals surface area contributed by atoms with E-state index in [1.54, 1.807) is 0 Å². The highest BCUT2D eigenvalue weighted by Gasteiger charge is 2.07. The van der Waals surface area contributed by atoms with E-state index in [-0.39, 0.29) is 6.29 Å². The standard InChI is InChI=1S/C19H20Br2O2/c1-14(2)11-19(22-12-15-3-7-17(20)8-4-15)23-13-16-5-9-18(21)10-6-16/h3-11,19H,12-13H2,1-2H3. The number of benzene rings is 2. The van der Waals surface area contributed by atoms with Gasteiger partial charge in [0.1, 0.15) is 0 Å². The third-order valence-electron chi connectivity index (χ3n) is 3.12. The molecule has 0 aliphatic carbocycles. The van der Waals surface area contributed by atoms with Gasteiger partial charge in [0.05, 0.1) is 13.2 Å². The van der Waals surface area contributed by atoms with Crippen molar-refractivity contribution in [1.29, 1.82) is 0 Å². The Morgan fingerprint density at radius 3 is 1.57 bits per heavy atom. The van der Waals surface area contributed by atoms with Gasteiger partial charge in [-0.25, -0.2) is 0 Å². The predicted octanol–water partition coefficient (Wildman–Crippen LogP) is 6.24. The Balaban J connectivity index is 1.92. The van der Waals surface area contributed by atoms with Crippen LogP contribution in [0.25, 0.3) is 0 Å². The van der Waals surface area contributed by atoms with Crippen LogP contribution in [0.15, 0.2) is 69.1 Å². The first-order chi connectivity index (χ1) is 11.0. The normalized spacial score (nSPS) is 10.8. The number of allylic oxidation sites excluding steroid dienone is 1. The summed E-state index contributed by atoms with van der Waals surface area (Å²) in [7, 11) is 0. The molecule has 0 amide bonds. The van der Waals surface area contributed by atoms with E-state index in [9.17, 15) is 0 Å². The van der Waals surface area contributed by atoms with Crippen molar-refractivity contribution in [2.75, 3.05) is 0 Å². The zero-order valence-corrected chi connectivity index (χ0v) is 16.4. The van der Waals surface area contributed by atoms with E-state index in [1.165, 1.54) is 5.57 Å². The lowest BCUT2D eigenvalue weighted by Crippen LogP contribution is -2.15. The Morgan fingerprint density at radius 2 is 1.22 bits per heavy atom. The van der Waals surface area contributed by atoms with Gasteiger partial charge in [-0.1, -0.05) is 61.7 Å². The second kappa shape index (κ2) is 9.38. The third-order valence-corrected chi connectivity index (χ3v) is 4.18. The Hall–Kier alpha value is -0.940. The van der Waals surface area contributed by atoms with E-state index in [0.29, 0.717) is 13.2 Å². The molecule has 0 saturated heterocycles. The maximum absolute atomic E-state index is 5.90. The highest BCUT2D eigenvalue weighted by atomic mass is 79.9. The monoisotopic (exact) mass is 438 g/mol. The van der Waals surface area contributed by atoms with Crippen molar-refractivity contribution in [3.05, 3.63) is 80.3 Å². The molecule has 0 aliphatic rings. The average Bonchev–Trinajstić information content (AvgIpc) is 2.52. The molecule has 0 fully saturated rings. The summed E-state index contributed by atoms with van der Waals surface area (Å²) in [6, 6.07) is 16.2. The summed E-state index contributed by atoms with van der Waals surface area (Å²) in [5, 5.41) is 0. The molecule has 2 rings (SSSR count). The molecule has 0 N–H and O–H groups in total. The lowest BCUT2D eigenvalue weighted by Gasteiger charge is -2.16. The highest BCUT2D eigenvalue weighted by molar-refractivity contribution is 9.10. The molecule has 23 heavy (non-hydrogen) atoms. The van der Waals surface area contributed by atoms with Crippen molar-refractivity contribution >= 4 is 31.9 Å². The molecule has 0 aliphatic heterocycles. The largest absolute Gasteiger partial charge is 0.344 e. The fourth-order valence-corrected chi connectivity index (χ4v) is 2.46. The molecule has 4 heteroatoms. The van der Waals surface area contributed by atoms with Crippen LogP contribution < -0.4 is 0 Å². The summed E-state index contributed by atoms with van der Waals surface area (Å²) in [6.45, 7) is 5.11. The maximum atomic E-state index is 5.90. The minimum absolute atomic E-state index is 0.354. The lowest BCUT2D eigenvalue weighted by atomic mass is 10.2. The van der Waals surface area contributed by atoms with Gasteiger partial charge in [0, 0.05) is 8.95 Å². The van der Waals surface area contributed by atoms with Crippen molar-refractivity contribution in [3.63, 3.8) is 0 Å². The number of halogens is 2. The van der Waals surface area contributed by atoms with Crippen LogP contribution in [0, 0.1) is 0 Å². The average molecular weight is 440 g/mol. The van der Waals surface area contributed by atoms with Crippen LogP contribution in [0.3, 0.4) is 0 Å². The van der Waals surface area contributed by atoms with Crippen LogP contribution in [-0.2, 0) is 22.7 Å². The minimum atomic E-state index is -0.354. The third kappa shape index (κ3) is 7.00. The first kappa shape index (κ1) is 18.4. The van der Waals surface area contributed by atoms with Crippen LogP contribution >= 0.6 is 31.9 Å². The van der Waals surface area contributed by atoms with Crippen molar-refractivity contribution in [2.45, 2.75) is 33.4 Å². The molecular formula is C19H20Br2O2. The molecule has 122 valence electrons. The summed E-state index contributed by atoms with van der Waals surface area (Å²) in [4.78, 5) is 0. The molecule has 0 atom stereocenters. The van der Waals surface area contributed by atoms with Gasteiger partial charge in [-0.05, 0) is 55.3 Å². The molecule has 0 aromatic heterocycles. The summed E-state index contributed by atoms with van der Waals surface area (Å²) in [5.41, 5.74) is 3.40. The molecule has 0 saturated carbocycles. The topological polar surface area (TPSA) is 18.5 Å². The van der Waals surface area contributed by atoms with Gasteiger partial charge >= 0.3 is 0 Å². The van der Waals surface area contributed by atoms with Gasteiger partial charge in [0.2, 0.25) is 0 Å². The van der Waals surface area contributed by atoms with Crippen molar-refractivity contribution in [2.24, 2.45) is 0 Å². The number of hydrogen-bond acceptors (Lipinski definition) is 2. The summed E-state index contributed by atoms with van der Waals surface area (Å²) in [6.07, 6.45) is 1.64. The van der Waals surface area contributed by atoms with Crippen LogP contribution in [-0.4, -0.2) is 6.29 Å². The molecule has 2 aromatic carbocycles. The van der Waals surface area contributed by atoms with Gasteiger partial charge in [-0.2, -0.15) is 0 Å². The van der Waals surface area contributed by atoms with Crippen LogP contribution in [0.5, 0.6) is 0 Å². The first-order valence-electron chi connectivity index (χ1n) is 7.40. The maximum Gasteiger partial charge on any atom is 0.177 e. The summed E-state index contributed by atoms with van der Waals surface area (Å²) in [5.74, 6) is 0. The molecule has 2 aromatic rings. The summed E-state index contributed by atoms with van der Waals surface area (Å²) >= 11 is 6.87. The van der Waals surface area contributed by atoms with E-state index in [2.05, 4.69) is 31.9 Å². The zero-order chi connectivity index (χ0) is 16.7. The first-order valence-corrected chi connectivity index (χ1v) is 8.98. The Labute approximate surface area is 154 Å². The quantitative estimate of drug-likeness (QED) is 0.375. The molecule has 0 unspecified atom stereocenters. The molecule has 0 spiro atoms. The van der Waals surface area contributed by atoms with Crippen molar-refractivity contribution < 1.29 is 9.47 Å². The van der Waals surface area contributed by atoms with E-state index >= 15 is 0 Å².